The van der Waals surface area contributed by atoms with E-state index in [0.717, 1.165) is 0 Å². The maximum atomic E-state index is 10.8. The predicted octanol–water partition coefficient (Wildman–Crippen LogP) is 2.59. The second-order valence-electron chi connectivity index (χ2n) is 3.38. The van der Waals surface area contributed by atoms with Crippen LogP contribution in [0, 0.1) is 10.1 Å². The van der Waals surface area contributed by atoms with Crippen LogP contribution in [-0.4, -0.2) is 16.2 Å². The molecule has 0 aliphatic rings. The number of aromatic nitrogens is 1. The van der Waals surface area contributed by atoms with Gasteiger partial charge >= 0.3 is 0 Å². The Bertz CT molecular complexity index is 584. The zero-order valence-corrected chi connectivity index (χ0v) is 9.15. The van der Waals surface area contributed by atoms with Crippen molar-refractivity contribution in [2.75, 3.05) is 0 Å². The summed E-state index contributed by atoms with van der Waals surface area (Å²) in [6.07, 6.45) is 3.54. The van der Waals surface area contributed by atoms with Crippen LogP contribution in [0.1, 0.15) is 10.4 Å². The highest BCUT2D eigenvalue weighted by atomic mass is 16.6. The zero-order chi connectivity index (χ0) is 13.0. The first-order valence-corrected chi connectivity index (χ1v) is 5.02. The SMILES string of the molecule is O=Cc1cc(Oc2ccncc2)ccc1[N+](=O)[O-]. The molecule has 18 heavy (non-hydrogen) atoms. The maximum Gasteiger partial charge on any atom is 0.280 e. The van der Waals surface area contributed by atoms with E-state index in [-0.39, 0.29) is 11.3 Å². The number of hydrogen-bond donors (Lipinski definition) is 0. The molecule has 0 fully saturated rings. The van der Waals surface area contributed by atoms with Gasteiger partial charge in [-0.1, -0.05) is 0 Å². The van der Waals surface area contributed by atoms with Crippen molar-refractivity contribution in [2.24, 2.45) is 0 Å². The number of nitro groups is 1. The summed E-state index contributed by atoms with van der Waals surface area (Å²) in [7, 11) is 0. The molecule has 0 atom stereocenters. The van der Waals surface area contributed by atoms with E-state index in [1.165, 1.54) is 18.2 Å². The summed E-state index contributed by atoms with van der Waals surface area (Å²) in [5, 5.41) is 10.6. The molecule has 0 N–H and O–H groups in total. The van der Waals surface area contributed by atoms with E-state index in [9.17, 15) is 14.9 Å². The van der Waals surface area contributed by atoms with Crippen LogP contribution in [-0.2, 0) is 0 Å². The van der Waals surface area contributed by atoms with Gasteiger partial charge in [-0.05, 0) is 24.3 Å². The van der Waals surface area contributed by atoms with E-state index < -0.39 is 4.92 Å². The van der Waals surface area contributed by atoms with Crippen LogP contribution < -0.4 is 4.74 Å². The van der Waals surface area contributed by atoms with Crippen molar-refractivity contribution in [3.05, 3.63) is 58.4 Å². The Labute approximate surface area is 102 Å². The molecule has 1 heterocycles. The van der Waals surface area contributed by atoms with Crippen molar-refractivity contribution in [3.8, 4) is 11.5 Å². The minimum absolute atomic E-state index is 0.0217. The summed E-state index contributed by atoms with van der Waals surface area (Å²) in [6, 6.07) is 7.28. The van der Waals surface area contributed by atoms with E-state index in [4.69, 9.17) is 4.74 Å². The summed E-state index contributed by atoms with van der Waals surface area (Å²) in [6.45, 7) is 0. The molecule has 0 spiro atoms. The van der Waals surface area contributed by atoms with Crippen LogP contribution in [0.5, 0.6) is 11.5 Å². The van der Waals surface area contributed by atoms with Crippen molar-refractivity contribution < 1.29 is 14.5 Å². The summed E-state index contributed by atoms with van der Waals surface area (Å²) >= 11 is 0. The van der Waals surface area contributed by atoms with Crippen molar-refractivity contribution in [1.82, 2.24) is 4.98 Å². The Morgan fingerprint density at radius 1 is 1.17 bits per heavy atom. The molecule has 0 aliphatic heterocycles. The summed E-state index contributed by atoms with van der Waals surface area (Å²) in [4.78, 5) is 24.6. The largest absolute Gasteiger partial charge is 0.457 e. The van der Waals surface area contributed by atoms with Gasteiger partial charge in [0.15, 0.2) is 6.29 Å². The average molecular weight is 244 g/mol. The van der Waals surface area contributed by atoms with Gasteiger partial charge in [0.2, 0.25) is 0 Å². The molecular formula is C12H8N2O4. The van der Waals surface area contributed by atoms with E-state index in [0.29, 0.717) is 17.8 Å². The lowest BCUT2D eigenvalue weighted by molar-refractivity contribution is -0.385. The molecule has 0 bridgehead atoms. The maximum absolute atomic E-state index is 10.8. The lowest BCUT2D eigenvalue weighted by Gasteiger charge is -2.05. The highest BCUT2D eigenvalue weighted by Crippen LogP contribution is 2.26. The molecule has 90 valence electrons. The Hall–Kier alpha value is -2.76. The fourth-order valence-corrected chi connectivity index (χ4v) is 1.40. The van der Waals surface area contributed by atoms with Crippen molar-refractivity contribution >= 4 is 12.0 Å². The molecule has 2 aromatic rings. The lowest BCUT2D eigenvalue weighted by Crippen LogP contribution is -1.95. The predicted molar refractivity (Wildman–Crippen MR) is 62.8 cm³/mol. The standard InChI is InChI=1S/C12H8N2O4/c15-8-9-7-11(1-2-12(9)14(16)17)18-10-3-5-13-6-4-10/h1-8H. The van der Waals surface area contributed by atoms with Crippen LogP contribution >= 0.6 is 0 Å². The van der Waals surface area contributed by atoms with Gasteiger partial charge in [-0.3, -0.25) is 19.9 Å². The number of pyridine rings is 1. The molecule has 6 nitrogen and oxygen atoms in total. The van der Waals surface area contributed by atoms with Gasteiger partial charge in [-0.2, -0.15) is 0 Å². The van der Waals surface area contributed by atoms with Crippen molar-refractivity contribution in [2.45, 2.75) is 0 Å². The number of hydrogen-bond acceptors (Lipinski definition) is 5. The molecule has 0 aliphatic carbocycles. The summed E-state index contributed by atoms with van der Waals surface area (Å²) in [5.41, 5.74) is -0.265. The molecule has 2 rings (SSSR count). The number of nitro benzene ring substituents is 1. The average Bonchev–Trinajstić information content (AvgIpc) is 2.39. The topological polar surface area (TPSA) is 82.3 Å². The van der Waals surface area contributed by atoms with Crippen LogP contribution in [0.4, 0.5) is 5.69 Å². The fourth-order valence-electron chi connectivity index (χ4n) is 1.40. The summed E-state index contributed by atoms with van der Waals surface area (Å²) < 4.78 is 5.43. The molecule has 1 aromatic carbocycles. The van der Waals surface area contributed by atoms with Crippen LogP contribution in [0.25, 0.3) is 0 Å². The first-order chi connectivity index (χ1) is 8.70. The monoisotopic (exact) mass is 244 g/mol. The van der Waals surface area contributed by atoms with Gasteiger partial charge in [0.1, 0.15) is 11.5 Å². The number of carbonyl (C=O) groups excluding carboxylic acids is 1. The molecule has 0 radical (unpaired) electrons. The normalized spacial score (nSPS) is 9.78. The molecule has 0 saturated carbocycles. The highest BCUT2D eigenvalue weighted by Gasteiger charge is 2.14. The molecule has 6 heteroatoms. The van der Waals surface area contributed by atoms with Gasteiger partial charge in [-0.25, -0.2) is 0 Å². The molecule has 0 unspecified atom stereocenters. The molecular weight excluding hydrogens is 236 g/mol. The van der Waals surface area contributed by atoms with E-state index in [2.05, 4.69) is 4.98 Å². The first kappa shape index (κ1) is 11.7. The van der Waals surface area contributed by atoms with Crippen LogP contribution in [0.3, 0.4) is 0 Å². The second-order valence-corrected chi connectivity index (χ2v) is 3.38. The van der Waals surface area contributed by atoms with E-state index in [1.54, 1.807) is 24.5 Å². The van der Waals surface area contributed by atoms with Crippen molar-refractivity contribution in [1.29, 1.82) is 0 Å². The lowest BCUT2D eigenvalue weighted by atomic mass is 10.2. The quantitative estimate of drug-likeness (QED) is 0.469. The minimum Gasteiger partial charge on any atom is -0.457 e. The van der Waals surface area contributed by atoms with Gasteiger partial charge in [0, 0.05) is 18.5 Å². The zero-order valence-electron chi connectivity index (χ0n) is 9.15. The minimum atomic E-state index is -0.611. The van der Waals surface area contributed by atoms with Gasteiger partial charge in [-0.15, -0.1) is 0 Å². The van der Waals surface area contributed by atoms with Gasteiger partial charge < -0.3 is 4.74 Å². The van der Waals surface area contributed by atoms with Gasteiger partial charge in [0.25, 0.3) is 5.69 Å². The Morgan fingerprint density at radius 3 is 2.50 bits per heavy atom. The molecule has 0 amide bonds. The molecule has 1 aromatic heterocycles. The second kappa shape index (κ2) is 5.05. The number of benzene rings is 1. The number of nitrogens with zero attached hydrogens (tertiary/aromatic N) is 2. The first-order valence-electron chi connectivity index (χ1n) is 5.02. The number of aldehydes is 1. The van der Waals surface area contributed by atoms with Gasteiger partial charge in [0.05, 0.1) is 10.5 Å². The number of rotatable bonds is 4. The fraction of sp³-hybridized carbons (Fsp3) is 0. The third-order valence-corrected chi connectivity index (χ3v) is 2.21. The Morgan fingerprint density at radius 2 is 1.89 bits per heavy atom. The summed E-state index contributed by atoms with van der Waals surface area (Å²) in [5.74, 6) is 0.893. The highest BCUT2D eigenvalue weighted by molar-refractivity contribution is 5.82. The smallest absolute Gasteiger partial charge is 0.280 e. The van der Waals surface area contributed by atoms with E-state index in [1.807, 2.05) is 0 Å². The Kier molecular flexibility index (Phi) is 3.29. The third-order valence-electron chi connectivity index (χ3n) is 2.21. The molecule has 0 saturated heterocycles. The Balaban J connectivity index is 2.31. The number of ether oxygens (including phenoxy) is 1. The van der Waals surface area contributed by atoms with Crippen LogP contribution in [0.2, 0.25) is 0 Å². The van der Waals surface area contributed by atoms with E-state index >= 15 is 0 Å². The van der Waals surface area contributed by atoms with Crippen molar-refractivity contribution in [3.63, 3.8) is 0 Å². The third kappa shape index (κ3) is 2.49. The number of carbonyl (C=O) groups is 1. The van der Waals surface area contributed by atoms with Crippen LogP contribution in [0.15, 0.2) is 42.7 Å².